The highest BCUT2D eigenvalue weighted by atomic mass is 16.5. The molecule has 1 aliphatic heterocycles. The Bertz CT molecular complexity index is 688. The average Bonchev–Trinajstić information content (AvgIpc) is 2.55. The molecule has 1 N–H and O–H groups in total. The van der Waals surface area contributed by atoms with Gasteiger partial charge in [-0.1, -0.05) is 48.5 Å². The zero-order chi connectivity index (χ0) is 14.9. The van der Waals surface area contributed by atoms with E-state index in [1.165, 1.54) is 0 Å². The minimum Gasteiger partial charge on any atom is -0.491 e. The van der Waals surface area contributed by atoms with Crippen molar-refractivity contribution in [2.45, 2.75) is 18.9 Å². The first-order chi connectivity index (χ1) is 10.1. The first-order valence-electron chi connectivity index (χ1n) is 6.99. The number of nitriles is 1. The van der Waals surface area contributed by atoms with Crippen molar-refractivity contribution in [2.75, 3.05) is 6.61 Å². The second kappa shape index (κ2) is 4.91. The first-order valence-corrected chi connectivity index (χ1v) is 6.99. The lowest BCUT2D eigenvalue weighted by molar-refractivity contribution is -0.0722. The van der Waals surface area contributed by atoms with Crippen LogP contribution in [0.4, 0.5) is 0 Å². The lowest BCUT2D eigenvalue weighted by atomic mass is 9.66. The number of benzene rings is 2. The van der Waals surface area contributed by atoms with Crippen molar-refractivity contribution in [2.24, 2.45) is 5.41 Å². The molecule has 0 bridgehead atoms. The third-order valence-corrected chi connectivity index (χ3v) is 4.42. The van der Waals surface area contributed by atoms with Crippen molar-refractivity contribution in [3.05, 3.63) is 65.7 Å². The number of para-hydroxylation sites is 1. The minimum absolute atomic E-state index is 0.183. The molecule has 21 heavy (non-hydrogen) atoms. The summed E-state index contributed by atoms with van der Waals surface area (Å²) < 4.78 is 5.76. The summed E-state index contributed by atoms with van der Waals surface area (Å²) in [6.45, 7) is 1.88. The van der Waals surface area contributed by atoms with Gasteiger partial charge in [0.2, 0.25) is 0 Å². The average molecular weight is 279 g/mol. The summed E-state index contributed by atoms with van der Waals surface area (Å²) in [5.74, 6) is 0.798. The fourth-order valence-corrected chi connectivity index (χ4v) is 2.90. The number of aliphatic hydroxyl groups is 1. The molecule has 3 nitrogen and oxygen atoms in total. The monoisotopic (exact) mass is 279 g/mol. The van der Waals surface area contributed by atoms with E-state index in [4.69, 9.17) is 4.74 Å². The quantitative estimate of drug-likeness (QED) is 0.919. The molecular weight excluding hydrogens is 262 g/mol. The molecule has 0 spiro atoms. The number of ether oxygens (including phenoxy) is 1. The van der Waals surface area contributed by atoms with Gasteiger partial charge in [-0.2, -0.15) is 5.26 Å². The van der Waals surface area contributed by atoms with E-state index in [9.17, 15) is 10.4 Å². The molecule has 2 atom stereocenters. The van der Waals surface area contributed by atoms with Crippen molar-refractivity contribution < 1.29 is 9.84 Å². The zero-order valence-corrected chi connectivity index (χ0v) is 11.9. The van der Waals surface area contributed by atoms with E-state index in [0.29, 0.717) is 6.42 Å². The smallest absolute Gasteiger partial charge is 0.128 e. The largest absolute Gasteiger partial charge is 0.491 e. The van der Waals surface area contributed by atoms with Crippen molar-refractivity contribution in [3.8, 4) is 11.8 Å². The summed E-state index contributed by atoms with van der Waals surface area (Å²) in [7, 11) is 0. The highest BCUT2D eigenvalue weighted by molar-refractivity contribution is 5.40. The Hall–Kier alpha value is -2.31. The summed E-state index contributed by atoms with van der Waals surface area (Å²) in [5, 5.41) is 20.9. The molecule has 106 valence electrons. The van der Waals surface area contributed by atoms with Crippen LogP contribution in [0.25, 0.3) is 0 Å². The Kier molecular flexibility index (Phi) is 3.19. The molecule has 0 aliphatic carbocycles. The molecule has 0 radical (unpaired) electrons. The van der Waals surface area contributed by atoms with Gasteiger partial charge in [0.05, 0.1) is 6.07 Å². The normalized spacial score (nSPS) is 23.3. The first kappa shape index (κ1) is 13.7. The summed E-state index contributed by atoms with van der Waals surface area (Å²) in [5.41, 5.74) is -0.588. The van der Waals surface area contributed by atoms with Crippen LogP contribution in [0, 0.1) is 16.7 Å². The third kappa shape index (κ3) is 2.09. The molecule has 0 aromatic heterocycles. The van der Waals surface area contributed by atoms with Crippen molar-refractivity contribution in [1.82, 2.24) is 0 Å². The SMILES string of the molecule is CC(O)(c1ccccc1)C1(C#N)COc2ccccc2C1. The Labute approximate surface area is 124 Å². The van der Waals surface area contributed by atoms with Gasteiger partial charge in [0, 0.05) is 6.42 Å². The van der Waals surface area contributed by atoms with Gasteiger partial charge in [0.15, 0.2) is 0 Å². The van der Waals surface area contributed by atoms with Gasteiger partial charge < -0.3 is 9.84 Å². The van der Waals surface area contributed by atoms with E-state index in [1.807, 2.05) is 54.6 Å². The van der Waals surface area contributed by atoms with Crippen LogP contribution in [0.1, 0.15) is 18.1 Å². The van der Waals surface area contributed by atoms with Gasteiger partial charge in [-0.15, -0.1) is 0 Å². The summed E-state index contributed by atoms with van der Waals surface area (Å²) in [6, 6.07) is 19.3. The fraction of sp³-hybridized carbons (Fsp3) is 0.278. The lowest BCUT2D eigenvalue weighted by Crippen LogP contribution is -2.50. The molecule has 0 saturated heterocycles. The van der Waals surface area contributed by atoms with Crippen LogP contribution in [0.15, 0.2) is 54.6 Å². The van der Waals surface area contributed by atoms with Crippen LogP contribution in [0.5, 0.6) is 5.75 Å². The molecule has 0 fully saturated rings. The molecule has 2 aromatic carbocycles. The van der Waals surface area contributed by atoms with E-state index in [2.05, 4.69) is 6.07 Å². The molecule has 1 heterocycles. The number of hydrogen-bond acceptors (Lipinski definition) is 3. The predicted molar refractivity (Wildman–Crippen MR) is 79.7 cm³/mol. The van der Waals surface area contributed by atoms with Crippen LogP contribution in [0.3, 0.4) is 0 Å². The second-order valence-corrected chi connectivity index (χ2v) is 5.71. The number of nitrogens with zero attached hydrogens (tertiary/aromatic N) is 1. The third-order valence-electron chi connectivity index (χ3n) is 4.42. The van der Waals surface area contributed by atoms with Gasteiger partial charge in [-0.05, 0) is 24.1 Å². The van der Waals surface area contributed by atoms with Crippen molar-refractivity contribution in [1.29, 1.82) is 5.26 Å². The molecule has 3 heteroatoms. The van der Waals surface area contributed by atoms with Crippen LogP contribution in [0.2, 0.25) is 0 Å². The maximum Gasteiger partial charge on any atom is 0.128 e. The van der Waals surface area contributed by atoms with Crippen LogP contribution in [-0.4, -0.2) is 11.7 Å². The molecule has 0 saturated carbocycles. The van der Waals surface area contributed by atoms with Gasteiger partial charge >= 0.3 is 0 Å². The molecule has 2 aromatic rings. The van der Waals surface area contributed by atoms with E-state index in [0.717, 1.165) is 16.9 Å². The van der Waals surface area contributed by atoms with Gasteiger partial charge in [0.25, 0.3) is 0 Å². The summed E-state index contributed by atoms with van der Waals surface area (Å²) in [6.07, 6.45) is 0.474. The second-order valence-electron chi connectivity index (χ2n) is 5.71. The van der Waals surface area contributed by atoms with Gasteiger partial charge in [-0.25, -0.2) is 0 Å². The lowest BCUT2D eigenvalue weighted by Gasteiger charge is -2.43. The van der Waals surface area contributed by atoms with Crippen molar-refractivity contribution in [3.63, 3.8) is 0 Å². The topological polar surface area (TPSA) is 53.2 Å². The standard InChI is InChI=1S/C18H17NO2/c1-17(20,15-8-3-2-4-9-15)18(12-19)11-14-7-5-6-10-16(14)21-13-18/h2-10,20H,11,13H2,1H3. The molecule has 1 aliphatic rings. The number of rotatable bonds is 2. The molecule has 0 amide bonds. The van der Waals surface area contributed by atoms with E-state index >= 15 is 0 Å². The Morgan fingerprint density at radius 3 is 2.52 bits per heavy atom. The Balaban J connectivity index is 2.05. The maximum absolute atomic E-state index is 11.1. The highest BCUT2D eigenvalue weighted by Crippen LogP contribution is 2.46. The number of hydrogen-bond donors (Lipinski definition) is 1. The Morgan fingerprint density at radius 1 is 1.14 bits per heavy atom. The van der Waals surface area contributed by atoms with Crippen LogP contribution >= 0.6 is 0 Å². The maximum atomic E-state index is 11.1. The summed E-state index contributed by atoms with van der Waals surface area (Å²) >= 11 is 0. The number of fused-ring (bicyclic) bond motifs is 1. The highest BCUT2D eigenvalue weighted by Gasteiger charge is 2.51. The molecule has 3 rings (SSSR count). The van der Waals surface area contributed by atoms with Crippen molar-refractivity contribution >= 4 is 0 Å². The predicted octanol–water partition coefficient (Wildman–Crippen LogP) is 3.04. The minimum atomic E-state index is -1.28. The molecule has 2 unspecified atom stereocenters. The van der Waals surface area contributed by atoms with E-state index < -0.39 is 11.0 Å². The fourth-order valence-electron chi connectivity index (χ4n) is 2.90. The zero-order valence-electron chi connectivity index (χ0n) is 11.9. The van der Waals surface area contributed by atoms with Crippen LogP contribution < -0.4 is 4.74 Å². The van der Waals surface area contributed by atoms with Crippen LogP contribution in [-0.2, 0) is 12.0 Å². The molecular formula is C18H17NO2. The van der Waals surface area contributed by atoms with Gasteiger partial charge in [-0.3, -0.25) is 0 Å². The summed E-state index contributed by atoms with van der Waals surface area (Å²) in [4.78, 5) is 0. The Morgan fingerprint density at radius 2 is 1.81 bits per heavy atom. The van der Waals surface area contributed by atoms with E-state index in [1.54, 1.807) is 6.92 Å². The van der Waals surface area contributed by atoms with E-state index in [-0.39, 0.29) is 6.61 Å². The van der Waals surface area contributed by atoms with Gasteiger partial charge in [0.1, 0.15) is 23.4 Å².